The van der Waals surface area contributed by atoms with Crippen LogP contribution in [-0.4, -0.2) is 47.4 Å². The monoisotopic (exact) mass is 394 g/mol. The molecule has 2 N–H and O–H groups in total. The number of likely N-dealkylation sites (tertiary alicyclic amines) is 1. The molecular weight excluding hydrogens is 366 g/mol. The van der Waals surface area contributed by atoms with E-state index in [4.69, 9.17) is 0 Å². The van der Waals surface area contributed by atoms with Gasteiger partial charge in [-0.15, -0.1) is 0 Å². The number of alkyl halides is 2. The van der Waals surface area contributed by atoms with Gasteiger partial charge in [0.15, 0.2) is 0 Å². The lowest BCUT2D eigenvalue weighted by Gasteiger charge is -2.34. The molecular formula is C20H28F2N4O2. The van der Waals surface area contributed by atoms with Gasteiger partial charge >= 0.3 is 6.03 Å². The molecule has 1 heterocycles. The van der Waals surface area contributed by atoms with Gasteiger partial charge in [-0.05, 0) is 62.7 Å². The topological polar surface area (TPSA) is 85.2 Å². The quantitative estimate of drug-likeness (QED) is 0.696. The van der Waals surface area contributed by atoms with E-state index < -0.39 is 35.9 Å². The van der Waals surface area contributed by atoms with Gasteiger partial charge in [-0.2, -0.15) is 5.26 Å². The number of hydrogen-bond donors (Lipinski definition) is 2. The number of hydrogen-bond acceptors (Lipinski definition) is 3. The predicted octanol–water partition coefficient (Wildman–Crippen LogP) is 2.94. The van der Waals surface area contributed by atoms with Crippen molar-refractivity contribution in [2.45, 2.75) is 81.7 Å². The van der Waals surface area contributed by atoms with E-state index in [1.54, 1.807) is 4.90 Å². The molecule has 3 saturated carbocycles. The van der Waals surface area contributed by atoms with Crippen molar-refractivity contribution in [1.29, 1.82) is 5.26 Å². The fraction of sp³-hybridized carbons (Fsp3) is 0.850. The lowest BCUT2D eigenvalue weighted by molar-refractivity contribution is -0.126. The lowest BCUT2D eigenvalue weighted by Crippen LogP contribution is -2.56. The summed E-state index contributed by atoms with van der Waals surface area (Å²) in [5, 5.41) is 14.3. The SMILES string of the molecule is N#CC1(NC(=O)C(CC(F)(F)CC2CC2)NC(=O)N2CCC3(CC2)CC3)CC1. The zero-order valence-corrected chi connectivity index (χ0v) is 16.1. The predicted molar refractivity (Wildman–Crippen MR) is 97.4 cm³/mol. The van der Waals surface area contributed by atoms with Crippen LogP contribution in [0, 0.1) is 22.7 Å². The molecule has 1 unspecified atom stereocenters. The molecule has 0 aromatic rings. The molecule has 1 aliphatic heterocycles. The Morgan fingerprint density at radius 1 is 1.14 bits per heavy atom. The largest absolute Gasteiger partial charge is 0.336 e. The van der Waals surface area contributed by atoms with Gasteiger partial charge in [0.2, 0.25) is 5.91 Å². The summed E-state index contributed by atoms with van der Waals surface area (Å²) in [5.74, 6) is -3.68. The van der Waals surface area contributed by atoms with Crippen LogP contribution in [0.25, 0.3) is 0 Å². The Labute approximate surface area is 164 Å². The molecule has 154 valence electrons. The highest BCUT2D eigenvalue weighted by atomic mass is 19.3. The molecule has 6 nitrogen and oxygen atoms in total. The molecule has 0 radical (unpaired) electrons. The highest BCUT2D eigenvalue weighted by molar-refractivity contribution is 5.88. The zero-order valence-electron chi connectivity index (χ0n) is 16.1. The number of nitriles is 1. The lowest BCUT2D eigenvalue weighted by atomic mass is 9.94. The standard InChI is InChI=1S/C20H28F2N4O2/c21-20(22,11-14-1-2-14)12-15(16(27)25-19(13-23)5-6-19)24-17(28)26-9-7-18(3-4-18)8-10-26/h14-15H,1-12H2,(H,24,28)(H,25,27). The van der Waals surface area contributed by atoms with Gasteiger partial charge in [0.1, 0.15) is 11.6 Å². The van der Waals surface area contributed by atoms with Gasteiger partial charge in [0, 0.05) is 25.9 Å². The van der Waals surface area contributed by atoms with Crippen LogP contribution in [0.5, 0.6) is 0 Å². The summed E-state index contributed by atoms with van der Waals surface area (Å²) in [5.41, 5.74) is -0.550. The van der Waals surface area contributed by atoms with Crippen LogP contribution in [0.2, 0.25) is 0 Å². The molecule has 0 aromatic carbocycles. The summed E-state index contributed by atoms with van der Waals surface area (Å²) in [6.07, 6.45) is 5.94. The average Bonchev–Trinajstić information content (AvgIpc) is 3.50. The van der Waals surface area contributed by atoms with Crippen molar-refractivity contribution in [3.8, 4) is 6.07 Å². The van der Waals surface area contributed by atoms with Crippen molar-refractivity contribution < 1.29 is 18.4 Å². The molecule has 3 amide bonds. The van der Waals surface area contributed by atoms with Crippen molar-refractivity contribution in [2.24, 2.45) is 11.3 Å². The first kappa shape index (κ1) is 19.4. The Morgan fingerprint density at radius 3 is 2.29 bits per heavy atom. The van der Waals surface area contributed by atoms with Crippen LogP contribution in [0.4, 0.5) is 13.6 Å². The van der Waals surface area contributed by atoms with E-state index in [0.29, 0.717) is 31.3 Å². The maximum atomic E-state index is 14.4. The summed E-state index contributed by atoms with van der Waals surface area (Å²) in [4.78, 5) is 26.9. The molecule has 1 spiro atoms. The fourth-order valence-electron chi connectivity index (χ4n) is 4.15. The van der Waals surface area contributed by atoms with Gasteiger partial charge in [-0.3, -0.25) is 4.79 Å². The molecule has 28 heavy (non-hydrogen) atoms. The van der Waals surface area contributed by atoms with Crippen LogP contribution in [0.3, 0.4) is 0 Å². The number of carbonyl (C=O) groups excluding carboxylic acids is 2. The van der Waals surface area contributed by atoms with Crippen LogP contribution >= 0.6 is 0 Å². The minimum absolute atomic E-state index is 0.0140. The fourth-order valence-corrected chi connectivity index (χ4v) is 4.15. The third-order valence-corrected chi connectivity index (χ3v) is 6.80. The highest BCUT2D eigenvalue weighted by Gasteiger charge is 2.48. The minimum Gasteiger partial charge on any atom is -0.336 e. The van der Waals surface area contributed by atoms with Gasteiger partial charge in [-0.25, -0.2) is 13.6 Å². The van der Waals surface area contributed by atoms with E-state index in [9.17, 15) is 23.6 Å². The van der Waals surface area contributed by atoms with E-state index in [-0.39, 0.29) is 12.3 Å². The summed E-state index contributed by atoms with van der Waals surface area (Å²) in [6, 6.07) is 0.245. The molecule has 0 bridgehead atoms. The number of nitrogens with zero attached hydrogens (tertiary/aromatic N) is 2. The summed E-state index contributed by atoms with van der Waals surface area (Å²) in [6.45, 7) is 1.20. The third-order valence-electron chi connectivity index (χ3n) is 6.80. The van der Waals surface area contributed by atoms with E-state index >= 15 is 0 Å². The zero-order chi connectivity index (χ0) is 20.0. The second kappa shape index (κ2) is 6.85. The maximum Gasteiger partial charge on any atom is 0.318 e. The normalized spacial score (nSPS) is 25.5. The second-order valence-electron chi connectivity index (χ2n) is 9.38. The average molecular weight is 394 g/mol. The van der Waals surface area contributed by atoms with Crippen LogP contribution in [0.1, 0.15) is 64.2 Å². The van der Waals surface area contributed by atoms with Crippen molar-refractivity contribution in [2.75, 3.05) is 13.1 Å². The Balaban J connectivity index is 1.38. The Hall–Kier alpha value is -1.91. The molecule has 1 saturated heterocycles. The molecule has 3 aliphatic carbocycles. The molecule has 1 atom stereocenters. The Kier molecular flexibility index (Phi) is 4.75. The van der Waals surface area contributed by atoms with E-state index in [0.717, 1.165) is 25.7 Å². The number of rotatable bonds is 7. The van der Waals surface area contributed by atoms with E-state index in [1.165, 1.54) is 12.8 Å². The Bertz CT molecular complexity index is 683. The molecule has 8 heteroatoms. The van der Waals surface area contributed by atoms with Crippen molar-refractivity contribution in [3.05, 3.63) is 0 Å². The summed E-state index contributed by atoms with van der Waals surface area (Å²) in [7, 11) is 0. The molecule has 4 fully saturated rings. The van der Waals surface area contributed by atoms with Gasteiger partial charge in [0.05, 0.1) is 6.07 Å². The molecule has 4 rings (SSSR count). The first-order valence-corrected chi connectivity index (χ1v) is 10.4. The number of piperidine rings is 1. The van der Waals surface area contributed by atoms with Crippen molar-refractivity contribution >= 4 is 11.9 Å². The first-order valence-electron chi connectivity index (χ1n) is 10.4. The summed E-state index contributed by atoms with van der Waals surface area (Å²) >= 11 is 0. The third kappa shape index (κ3) is 4.56. The number of carbonyl (C=O) groups is 2. The first-order chi connectivity index (χ1) is 13.2. The Morgan fingerprint density at radius 2 is 1.79 bits per heavy atom. The van der Waals surface area contributed by atoms with E-state index in [2.05, 4.69) is 10.6 Å². The minimum atomic E-state index is -3.01. The second-order valence-corrected chi connectivity index (χ2v) is 9.38. The van der Waals surface area contributed by atoms with Crippen molar-refractivity contribution in [3.63, 3.8) is 0 Å². The number of nitrogens with one attached hydrogen (secondary N) is 2. The van der Waals surface area contributed by atoms with Crippen molar-refractivity contribution in [1.82, 2.24) is 15.5 Å². The molecule has 0 aromatic heterocycles. The highest BCUT2D eigenvalue weighted by Crippen LogP contribution is 2.53. The van der Waals surface area contributed by atoms with Gasteiger partial charge in [0.25, 0.3) is 5.92 Å². The van der Waals surface area contributed by atoms with E-state index in [1.807, 2.05) is 6.07 Å². The number of amides is 3. The van der Waals surface area contributed by atoms with Crippen LogP contribution in [0.15, 0.2) is 0 Å². The van der Waals surface area contributed by atoms with Crippen LogP contribution < -0.4 is 10.6 Å². The number of urea groups is 1. The number of halogens is 2. The van der Waals surface area contributed by atoms with Gasteiger partial charge < -0.3 is 15.5 Å². The smallest absolute Gasteiger partial charge is 0.318 e. The summed E-state index contributed by atoms with van der Waals surface area (Å²) < 4.78 is 28.9. The molecule has 4 aliphatic rings. The van der Waals surface area contributed by atoms with Gasteiger partial charge in [-0.1, -0.05) is 0 Å². The van der Waals surface area contributed by atoms with Crippen LogP contribution in [-0.2, 0) is 4.79 Å². The maximum absolute atomic E-state index is 14.4.